The fourth-order valence-corrected chi connectivity index (χ4v) is 3.20. The lowest BCUT2D eigenvalue weighted by atomic mass is 9.98. The number of nitrogens with zero attached hydrogens (tertiary/aromatic N) is 5. The highest BCUT2D eigenvalue weighted by Crippen LogP contribution is 2.56. The highest BCUT2D eigenvalue weighted by atomic mass is 16.2. The quantitative estimate of drug-likeness (QED) is 0.830. The summed E-state index contributed by atoms with van der Waals surface area (Å²) in [6.45, 7) is 2.36. The second-order valence-corrected chi connectivity index (χ2v) is 6.17. The van der Waals surface area contributed by atoms with Gasteiger partial charge in [-0.3, -0.25) is 4.79 Å². The van der Waals surface area contributed by atoms with Crippen LogP contribution >= 0.6 is 0 Å². The molecule has 2 N–H and O–H groups in total. The van der Waals surface area contributed by atoms with Crippen molar-refractivity contribution in [3.8, 4) is 6.07 Å². The van der Waals surface area contributed by atoms with Crippen molar-refractivity contribution in [1.29, 1.82) is 5.26 Å². The topological polar surface area (TPSA) is 111 Å². The predicted molar refractivity (Wildman–Crippen MR) is 86.8 cm³/mol. The second-order valence-electron chi connectivity index (χ2n) is 6.17. The van der Waals surface area contributed by atoms with Crippen molar-refractivity contribution in [3.05, 3.63) is 35.8 Å². The summed E-state index contributed by atoms with van der Waals surface area (Å²) in [6, 6.07) is 8.01. The maximum Gasteiger partial charge on any atom is 0.223 e. The van der Waals surface area contributed by atoms with E-state index in [0.29, 0.717) is 0 Å². The molecule has 24 heavy (non-hydrogen) atoms. The minimum atomic E-state index is 0.0530. The first-order chi connectivity index (χ1) is 11.6. The van der Waals surface area contributed by atoms with E-state index in [1.165, 1.54) is 11.8 Å². The van der Waals surface area contributed by atoms with Gasteiger partial charge in [-0.15, -0.1) is 10.2 Å². The molecule has 1 saturated carbocycles. The van der Waals surface area contributed by atoms with E-state index in [4.69, 9.17) is 0 Å². The summed E-state index contributed by atoms with van der Waals surface area (Å²) in [4.78, 5) is 13.8. The molecular formula is C16H15N7O. The van der Waals surface area contributed by atoms with Crippen LogP contribution in [0.5, 0.6) is 0 Å². The van der Waals surface area contributed by atoms with Crippen LogP contribution in [0.3, 0.4) is 0 Å². The number of allylic oxidation sites excluding steroid dienone is 1. The molecule has 2 aromatic rings. The van der Waals surface area contributed by atoms with E-state index in [9.17, 15) is 10.1 Å². The van der Waals surface area contributed by atoms with Gasteiger partial charge in [-0.1, -0.05) is 6.07 Å². The van der Waals surface area contributed by atoms with E-state index in [0.717, 1.165) is 30.8 Å². The molecule has 120 valence electrons. The number of tetrazole rings is 1. The van der Waals surface area contributed by atoms with Gasteiger partial charge in [0.25, 0.3) is 0 Å². The van der Waals surface area contributed by atoms with Gasteiger partial charge in [0.1, 0.15) is 11.6 Å². The molecule has 1 amide bonds. The molecule has 1 fully saturated rings. The zero-order chi connectivity index (χ0) is 16.7. The number of carbonyl (C=O) groups excluding carboxylic acids is 1. The van der Waals surface area contributed by atoms with Crippen LogP contribution in [0.1, 0.15) is 31.2 Å². The highest BCUT2D eigenvalue weighted by Gasteiger charge is 2.52. The number of H-pyrrole nitrogens is 1. The van der Waals surface area contributed by atoms with Crippen molar-refractivity contribution in [2.75, 3.05) is 16.8 Å². The number of nitriles is 1. The van der Waals surface area contributed by atoms with Gasteiger partial charge in [0.2, 0.25) is 11.7 Å². The van der Waals surface area contributed by atoms with E-state index in [2.05, 4.69) is 32.0 Å². The van der Waals surface area contributed by atoms with E-state index in [1.54, 1.807) is 6.92 Å². The average Bonchev–Trinajstić information content (AvgIpc) is 3.02. The summed E-state index contributed by atoms with van der Waals surface area (Å²) >= 11 is 0. The zero-order valence-electron chi connectivity index (χ0n) is 13.1. The molecular weight excluding hydrogens is 306 g/mol. The van der Waals surface area contributed by atoms with Crippen LogP contribution in [0.2, 0.25) is 0 Å². The Balaban J connectivity index is 1.63. The number of nitrogens with one attached hydrogen (secondary N) is 2. The number of aromatic nitrogens is 4. The molecule has 1 spiro atoms. The van der Waals surface area contributed by atoms with Gasteiger partial charge in [0, 0.05) is 36.5 Å². The maximum absolute atomic E-state index is 11.9. The molecule has 1 aliphatic heterocycles. The minimum absolute atomic E-state index is 0.0530. The molecule has 2 aliphatic rings. The van der Waals surface area contributed by atoms with Gasteiger partial charge in [-0.2, -0.15) is 10.5 Å². The molecule has 0 unspecified atom stereocenters. The van der Waals surface area contributed by atoms with Crippen molar-refractivity contribution in [1.82, 2.24) is 20.6 Å². The smallest absolute Gasteiger partial charge is 0.223 e. The number of hydrogen-bond donors (Lipinski definition) is 2. The van der Waals surface area contributed by atoms with E-state index < -0.39 is 0 Å². The van der Waals surface area contributed by atoms with Gasteiger partial charge in [-0.05, 0) is 35.8 Å². The number of amides is 1. The Bertz CT molecular complexity index is 874. The number of rotatable bonds is 3. The van der Waals surface area contributed by atoms with Gasteiger partial charge in [-0.25, -0.2) is 0 Å². The Morgan fingerprint density at radius 1 is 1.50 bits per heavy atom. The third kappa shape index (κ3) is 2.22. The van der Waals surface area contributed by atoms with Crippen molar-refractivity contribution in [2.24, 2.45) is 0 Å². The lowest BCUT2D eigenvalue weighted by Crippen LogP contribution is -2.28. The number of anilines is 2. The Labute approximate surface area is 138 Å². The van der Waals surface area contributed by atoms with Crippen molar-refractivity contribution in [2.45, 2.75) is 25.2 Å². The fourth-order valence-electron chi connectivity index (χ4n) is 3.20. The molecule has 1 aliphatic carbocycles. The Hall–Kier alpha value is -3.21. The molecule has 1 aromatic heterocycles. The molecule has 0 bridgehead atoms. The van der Waals surface area contributed by atoms with Crippen LogP contribution in [0.15, 0.2) is 24.4 Å². The molecule has 0 atom stereocenters. The maximum atomic E-state index is 11.9. The summed E-state index contributed by atoms with van der Waals surface area (Å²) in [5.74, 6) is 0.283. The van der Waals surface area contributed by atoms with E-state index in [-0.39, 0.29) is 22.7 Å². The summed E-state index contributed by atoms with van der Waals surface area (Å²) in [5.41, 5.74) is 3.43. The fraction of sp³-hybridized carbons (Fsp3) is 0.312. The largest absolute Gasteiger partial charge is 0.360 e. The van der Waals surface area contributed by atoms with Crippen LogP contribution < -0.4 is 10.2 Å². The second kappa shape index (κ2) is 5.16. The lowest BCUT2D eigenvalue weighted by Gasteiger charge is -2.15. The van der Waals surface area contributed by atoms with Crippen LogP contribution in [0, 0.1) is 11.3 Å². The Morgan fingerprint density at radius 2 is 2.33 bits per heavy atom. The van der Waals surface area contributed by atoms with Gasteiger partial charge < -0.3 is 10.2 Å². The van der Waals surface area contributed by atoms with Gasteiger partial charge in [0.15, 0.2) is 0 Å². The van der Waals surface area contributed by atoms with E-state index in [1.807, 2.05) is 23.1 Å². The third-order valence-electron chi connectivity index (χ3n) is 4.64. The molecule has 4 rings (SSSR count). The first kappa shape index (κ1) is 14.4. The number of aromatic amines is 1. The van der Waals surface area contributed by atoms with Crippen LogP contribution in [0.4, 0.5) is 11.4 Å². The molecule has 8 nitrogen and oxygen atoms in total. The minimum Gasteiger partial charge on any atom is -0.360 e. The number of benzene rings is 1. The zero-order valence-corrected chi connectivity index (χ0v) is 13.1. The Kier molecular flexibility index (Phi) is 3.09. The number of hydrogen-bond acceptors (Lipinski definition) is 6. The summed E-state index contributed by atoms with van der Waals surface area (Å²) in [7, 11) is 0. The lowest BCUT2D eigenvalue weighted by molar-refractivity contribution is -0.116. The third-order valence-corrected chi connectivity index (χ3v) is 4.64. The highest BCUT2D eigenvalue weighted by molar-refractivity contribution is 5.96. The van der Waals surface area contributed by atoms with Gasteiger partial charge in [0.05, 0.1) is 0 Å². The summed E-state index contributed by atoms with van der Waals surface area (Å²) in [5, 5.41) is 25.6. The SMILES string of the molecule is CC(=O)N1CC2(CC2)c2ccc(NC=C(C#N)c3nn[nH]n3)cc21. The van der Waals surface area contributed by atoms with Gasteiger partial charge >= 0.3 is 0 Å². The van der Waals surface area contributed by atoms with Crippen LogP contribution in [-0.4, -0.2) is 33.1 Å². The van der Waals surface area contributed by atoms with Crippen LogP contribution in [0.25, 0.3) is 5.57 Å². The molecule has 1 aromatic carbocycles. The first-order valence-corrected chi connectivity index (χ1v) is 7.66. The summed E-state index contributed by atoms with van der Waals surface area (Å²) in [6.07, 6.45) is 3.80. The van der Waals surface area contributed by atoms with Crippen molar-refractivity contribution in [3.63, 3.8) is 0 Å². The molecule has 0 radical (unpaired) electrons. The van der Waals surface area contributed by atoms with Crippen molar-refractivity contribution < 1.29 is 4.79 Å². The summed E-state index contributed by atoms with van der Waals surface area (Å²) < 4.78 is 0. The average molecular weight is 321 g/mol. The standard InChI is InChI=1S/C16H15N7O/c1-10(24)23-9-16(4-5-16)13-3-2-12(6-14(13)23)18-8-11(7-17)15-19-21-22-20-15/h2-3,6,8,18H,4-5,9H2,1H3,(H,19,20,21,22). The number of fused-ring (bicyclic) bond motifs is 2. The van der Waals surface area contributed by atoms with E-state index >= 15 is 0 Å². The molecule has 8 heteroatoms. The normalized spacial score (nSPS) is 17.5. The predicted octanol–water partition coefficient (Wildman–Crippen LogP) is 1.57. The molecule has 0 saturated heterocycles. The number of carbonyl (C=O) groups is 1. The monoisotopic (exact) mass is 321 g/mol. The Morgan fingerprint density at radius 3 is 2.96 bits per heavy atom. The van der Waals surface area contributed by atoms with Crippen LogP contribution in [-0.2, 0) is 10.2 Å². The molecule has 2 heterocycles. The van der Waals surface area contributed by atoms with Crippen molar-refractivity contribution >= 4 is 22.9 Å². The first-order valence-electron chi connectivity index (χ1n) is 7.66.